The number of aliphatic carboxylic acids is 1. The number of carboxylic acids is 1. The average Bonchev–Trinajstić information content (AvgIpc) is 2.60. The van der Waals surface area contributed by atoms with Crippen LogP contribution >= 0.6 is 0 Å². The topological polar surface area (TPSA) is 104 Å². The number of nitrogens with zero attached hydrogens (tertiary/aromatic N) is 1. The Kier molecular flexibility index (Phi) is 6.41. The van der Waals surface area contributed by atoms with Gasteiger partial charge in [-0.1, -0.05) is 13.8 Å². The summed E-state index contributed by atoms with van der Waals surface area (Å²) in [5, 5.41) is 9.20. The highest BCUT2D eigenvalue weighted by Crippen LogP contribution is 2.24. The van der Waals surface area contributed by atoms with Gasteiger partial charge in [0.25, 0.3) is 5.91 Å². The van der Waals surface area contributed by atoms with Crippen LogP contribution in [-0.2, 0) is 14.8 Å². The molecule has 2 N–H and O–H groups in total. The van der Waals surface area contributed by atoms with Crippen molar-refractivity contribution in [3.8, 4) is 0 Å². The summed E-state index contributed by atoms with van der Waals surface area (Å²) in [6, 6.07) is 5.71. The summed E-state index contributed by atoms with van der Waals surface area (Å²) in [6.07, 6.45) is 1.19. The summed E-state index contributed by atoms with van der Waals surface area (Å²) in [5.41, 5.74) is 0.352. The average molecular weight is 382 g/mol. The van der Waals surface area contributed by atoms with Crippen LogP contribution in [0.15, 0.2) is 29.2 Å². The predicted octanol–water partition coefficient (Wildman–Crippen LogP) is 1.95. The van der Waals surface area contributed by atoms with Crippen molar-refractivity contribution < 1.29 is 23.1 Å². The Morgan fingerprint density at radius 3 is 2.38 bits per heavy atom. The lowest BCUT2D eigenvalue weighted by Gasteiger charge is -2.36. The first-order chi connectivity index (χ1) is 12.1. The van der Waals surface area contributed by atoms with Gasteiger partial charge >= 0.3 is 5.97 Å². The van der Waals surface area contributed by atoms with Crippen molar-refractivity contribution in [1.29, 1.82) is 0 Å². The standard InChI is InChI=1S/C18H26N2O5S/c1-12(2)10-19-26(24,25)16-8-6-14(7-9-16)17(21)20-11-15(18(22)23)5-4-13(20)3/h6-9,12-13,15,19H,4-5,10-11H2,1-3H3,(H,22,23). The molecule has 1 aliphatic heterocycles. The molecule has 1 fully saturated rings. The molecule has 0 aliphatic carbocycles. The molecule has 2 unspecified atom stereocenters. The smallest absolute Gasteiger partial charge is 0.308 e. The van der Waals surface area contributed by atoms with Crippen LogP contribution < -0.4 is 4.72 Å². The minimum atomic E-state index is -3.61. The third kappa shape index (κ3) is 4.82. The van der Waals surface area contributed by atoms with E-state index < -0.39 is 21.9 Å². The molecule has 1 aliphatic rings. The van der Waals surface area contributed by atoms with Crippen LogP contribution in [0.3, 0.4) is 0 Å². The third-order valence-electron chi connectivity index (χ3n) is 4.59. The van der Waals surface area contributed by atoms with E-state index in [1.807, 2.05) is 20.8 Å². The number of hydrogen-bond acceptors (Lipinski definition) is 4. The van der Waals surface area contributed by atoms with Crippen LogP contribution in [-0.4, -0.2) is 49.4 Å². The van der Waals surface area contributed by atoms with E-state index in [-0.39, 0.29) is 29.3 Å². The monoisotopic (exact) mass is 382 g/mol. The number of benzene rings is 1. The van der Waals surface area contributed by atoms with E-state index in [9.17, 15) is 23.1 Å². The quantitative estimate of drug-likeness (QED) is 0.783. The van der Waals surface area contributed by atoms with Gasteiger partial charge in [0.2, 0.25) is 10.0 Å². The molecule has 1 aromatic rings. The number of rotatable bonds is 6. The Bertz CT molecular complexity index is 758. The molecule has 0 aromatic heterocycles. The maximum atomic E-state index is 12.7. The van der Waals surface area contributed by atoms with Crippen molar-refractivity contribution in [3.05, 3.63) is 29.8 Å². The maximum absolute atomic E-state index is 12.7. The van der Waals surface area contributed by atoms with Crippen LogP contribution in [0.1, 0.15) is 44.0 Å². The van der Waals surface area contributed by atoms with Crippen LogP contribution in [0.5, 0.6) is 0 Å². The summed E-state index contributed by atoms with van der Waals surface area (Å²) < 4.78 is 27.0. The van der Waals surface area contributed by atoms with Crippen molar-refractivity contribution in [2.75, 3.05) is 13.1 Å². The zero-order valence-electron chi connectivity index (χ0n) is 15.3. The number of hydrogen-bond donors (Lipinski definition) is 2. The molecule has 2 rings (SSSR count). The number of piperidine rings is 1. The molecule has 0 bridgehead atoms. The van der Waals surface area contributed by atoms with Gasteiger partial charge in [0.15, 0.2) is 0 Å². The Hall–Kier alpha value is -1.93. The summed E-state index contributed by atoms with van der Waals surface area (Å²) in [6.45, 7) is 6.23. The van der Waals surface area contributed by atoms with Gasteiger partial charge in [0.05, 0.1) is 10.8 Å². The second-order valence-electron chi connectivity index (χ2n) is 7.19. The van der Waals surface area contributed by atoms with Crippen molar-refractivity contribution >= 4 is 21.9 Å². The first-order valence-corrected chi connectivity index (χ1v) is 10.2. The normalized spacial score (nSPS) is 21.0. The molecule has 0 radical (unpaired) electrons. The summed E-state index contributed by atoms with van der Waals surface area (Å²) in [4.78, 5) is 25.6. The van der Waals surface area contributed by atoms with Crippen molar-refractivity contribution in [1.82, 2.24) is 9.62 Å². The van der Waals surface area contributed by atoms with Gasteiger partial charge in [0.1, 0.15) is 0 Å². The second kappa shape index (κ2) is 8.18. The fourth-order valence-electron chi connectivity index (χ4n) is 2.89. The van der Waals surface area contributed by atoms with E-state index in [2.05, 4.69) is 4.72 Å². The highest BCUT2D eigenvalue weighted by atomic mass is 32.2. The van der Waals surface area contributed by atoms with Gasteiger partial charge in [-0.2, -0.15) is 0 Å². The Morgan fingerprint density at radius 2 is 1.85 bits per heavy atom. The Balaban J connectivity index is 2.14. The molecule has 0 saturated carbocycles. The van der Waals surface area contributed by atoms with E-state index >= 15 is 0 Å². The molecule has 1 saturated heterocycles. The molecular formula is C18H26N2O5S. The second-order valence-corrected chi connectivity index (χ2v) is 8.96. The SMILES string of the molecule is CC(C)CNS(=O)(=O)c1ccc(C(=O)N2CC(C(=O)O)CCC2C)cc1. The van der Waals surface area contributed by atoms with Crippen LogP contribution in [0.2, 0.25) is 0 Å². The number of carbonyl (C=O) groups is 2. The van der Waals surface area contributed by atoms with E-state index in [4.69, 9.17) is 0 Å². The zero-order valence-corrected chi connectivity index (χ0v) is 16.1. The van der Waals surface area contributed by atoms with E-state index in [1.165, 1.54) is 24.3 Å². The molecule has 2 atom stereocenters. The highest BCUT2D eigenvalue weighted by molar-refractivity contribution is 7.89. The molecule has 144 valence electrons. The van der Waals surface area contributed by atoms with Gasteiger partial charge in [-0.05, 0) is 49.9 Å². The number of amides is 1. The third-order valence-corrected chi connectivity index (χ3v) is 6.02. The maximum Gasteiger partial charge on any atom is 0.308 e. The van der Waals surface area contributed by atoms with Gasteiger partial charge in [-0.25, -0.2) is 13.1 Å². The van der Waals surface area contributed by atoms with E-state index in [0.29, 0.717) is 24.9 Å². The molecule has 8 heteroatoms. The van der Waals surface area contributed by atoms with Gasteiger partial charge in [0, 0.05) is 24.7 Å². The van der Waals surface area contributed by atoms with Gasteiger partial charge < -0.3 is 10.0 Å². The molecule has 1 aromatic carbocycles. The molecule has 7 nitrogen and oxygen atoms in total. The highest BCUT2D eigenvalue weighted by Gasteiger charge is 2.33. The van der Waals surface area contributed by atoms with Gasteiger partial charge in [-0.3, -0.25) is 9.59 Å². The molecule has 26 heavy (non-hydrogen) atoms. The van der Waals surface area contributed by atoms with Crippen LogP contribution in [0.4, 0.5) is 0 Å². The fourth-order valence-corrected chi connectivity index (χ4v) is 4.11. The van der Waals surface area contributed by atoms with Crippen LogP contribution in [0, 0.1) is 11.8 Å². The van der Waals surface area contributed by atoms with Crippen molar-refractivity contribution in [3.63, 3.8) is 0 Å². The lowest BCUT2D eigenvalue weighted by molar-refractivity contribution is -0.143. The lowest BCUT2D eigenvalue weighted by Crippen LogP contribution is -2.47. The zero-order chi connectivity index (χ0) is 19.5. The summed E-state index contributed by atoms with van der Waals surface area (Å²) >= 11 is 0. The fraction of sp³-hybridized carbons (Fsp3) is 0.556. The molecule has 1 amide bonds. The predicted molar refractivity (Wildman–Crippen MR) is 97.3 cm³/mol. The number of sulfonamides is 1. The lowest BCUT2D eigenvalue weighted by atomic mass is 9.93. The first-order valence-electron chi connectivity index (χ1n) is 8.75. The number of carboxylic acid groups (broad SMARTS) is 1. The Labute approximate surface area is 154 Å². The number of carbonyl (C=O) groups excluding carboxylic acids is 1. The number of nitrogens with one attached hydrogen (secondary N) is 1. The van der Waals surface area contributed by atoms with Gasteiger partial charge in [-0.15, -0.1) is 0 Å². The minimum Gasteiger partial charge on any atom is -0.481 e. The molecule has 0 spiro atoms. The van der Waals surface area contributed by atoms with Crippen molar-refractivity contribution in [2.24, 2.45) is 11.8 Å². The summed E-state index contributed by atoms with van der Waals surface area (Å²) in [7, 11) is -3.61. The first kappa shape index (κ1) is 20.4. The van der Waals surface area contributed by atoms with E-state index in [0.717, 1.165) is 0 Å². The minimum absolute atomic E-state index is 0.0470. The largest absolute Gasteiger partial charge is 0.481 e. The summed E-state index contributed by atoms with van der Waals surface area (Å²) in [5.74, 6) is -1.54. The number of likely N-dealkylation sites (tertiary alicyclic amines) is 1. The molecular weight excluding hydrogens is 356 g/mol. The van der Waals surface area contributed by atoms with Crippen LogP contribution in [0.25, 0.3) is 0 Å². The Morgan fingerprint density at radius 1 is 1.23 bits per heavy atom. The molecule has 1 heterocycles. The van der Waals surface area contributed by atoms with Crippen molar-refractivity contribution in [2.45, 2.75) is 44.6 Å². The van der Waals surface area contributed by atoms with E-state index in [1.54, 1.807) is 4.90 Å².